The van der Waals surface area contributed by atoms with Crippen LogP contribution in [0.3, 0.4) is 0 Å². The van der Waals surface area contributed by atoms with Crippen molar-refractivity contribution in [2.24, 2.45) is 0 Å². The van der Waals surface area contributed by atoms with Gasteiger partial charge in [0.1, 0.15) is 71.5 Å². The first kappa shape index (κ1) is 64.2. The fourth-order valence-electron chi connectivity index (χ4n) is 7.91. The van der Waals surface area contributed by atoms with E-state index in [1.807, 2.05) is 108 Å². The molecule has 0 spiro atoms. The van der Waals surface area contributed by atoms with E-state index in [0.717, 1.165) is 33.0 Å². The van der Waals surface area contributed by atoms with Crippen molar-refractivity contribution in [2.45, 2.75) is 82.6 Å². The Bertz CT molecular complexity index is 3380. The van der Waals surface area contributed by atoms with Gasteiger partial charge in [0.2, 0.25) is 0 Å². The van der Waals surface area contributed by atoms with Crippen molar-refractivity contribution in [1.82, 2.24) is 38.7 Å². The van der Waals surface area contributed by atoms with Gasteiger partial charge in [-0.1, -0.05) is 66.4 Å². The number of H-pyrrole nitrogens is 1. The molecule has 79 heavy (non-hydrogen) atoms. The van der Waals surface area contributed by atoms with Gasteiger partial charge in [0.05, 0.1) is 21.4 Å². The van der Waals surface area contributed by atoms with E-state index in [1.54, 1.807) is 34.1 Å². The number of nitrogens with zero attached hydrogens (tertiary/aromatic N) is 7. The molecular formula is C55H60K2N10O11S. The van der Waals surface area contributed by atoms with Crippen molar-refractivity contribution in [1.29, 1.82) is 0 Å². The van der Waals surface area contributed by atoms with Crippen LogP contribution in [0.1, 0.15) is 67.2 Å². The number of anilines is 2. The molecule has 2 fully saturated rings. The number of hydrogen-bond donors (Lipinski definition) is 3. The summed E-state index contributed by atoms with van der Waals surface area (Å²) in [6, 6.07) is 30.5. The van der Waals surface area contributed by atoms with Crippen LogP contribution in [-0.2, 0) is 29.2 Å². The van der Waals surface area contributed by atoms with Crippen LogP contribution in [0.4, 0.5) is 21.2 Å². The van der Waals surface area contributed by atoms with Crippen LogP contribution >= 0.6 is 0 Å². The second-order valence-corrected chi connectivity index (χ2v) is 21.1. The van der Waals surface area contributed by atoms with Crippen LogP contribution < -0.4 is 128 Å². The van der Waals surface area contributed by atoms with E-state index in [9.17, 15) is 18.0 Å². The zero-order chi connectivity index (χ0) is 55.0. The first-order valence-corrected chi connectivity index (χ1v) is 25.9. The van der Waals surface area contributed by atoms with Crippen molar-refractivity contribution >= 4 is 62.4 Å². The number of rotatable bonds is 11. The predicted octanol–water partition coefficient (Wildman–Crippen LogP) is 0.885. The summed E-state index contributed by atoms with van der Waals surface area (Å²) < 4.78 is 51.0. The van der Waals surface area contributed by atoms with Crippen molar-refractivity contribution in [2.75, 3.05) is 50.0 Å². The van der Waals surface area contributed by atoms with Crippen molar-refractivity contribution in [3.05, 3.63) is 127 Å². The number of benzene rings is 3. The molecule has 2 atom stereocenters. The fourth-order valence-corrected chi connectivity index (χ4v) is 9.36. The molecule has 2 saturated heterocycles. The molecular weight excluding hydrogens is 1090 g/mol. The maximum atomic E-state index is 13.8. The third-order valence-corrected chi connectivity index (χ3v) is 12.9. The molecule has 3 N–H and O–H groups in total. The molecule has 6 heterocycles. The molecule has 0 bridgehead atoms. The summed E-state index contributed by atoms with van der Waals surface area (Å²) >= 11 is 0. The van der Waals surface area contributed by atoms with E-state index >= 15 is 0 Å². The largest absolute Gasteiger partial charge is 1.00 e. The van der Waals surface area contributed by atoms with Crippen LogP contribution in [0.2, 0.25) is 0 Å². The molecule has 4 aromatic heterocycles. The van der Waals surface area contributed by atoms with Crippen molar-refractivity contribution in [3.63, 3.8) is 0 Å². The summed E-state index contributed by atoms with van der Waals surface area (Å²) in [5.74, 6) is 14.6. The van der Waals surface area contributed by atoms with E-state index in [4.69, 9.17) is 29.0 Å². The van der Waals surface area contributed by atoms with E-state index < -0.39 is 21.2 Å². The van der Waals surface area contributed by atoms with Gasteiger partial charge in [0.25, 0.3) is 16.5 Å². The smallest absolute Gasteiger partial charge is 1.00 e. The summed E-state index contributed by atoms with van der Waals surface area (Å²) in [4.78, 5) is 60.2. The minimum Gasteiger partial charge on any atom is -1.00 e. The van der Waals surface area contributed by atoms with Crippen LogP contribution in [0.25, 0.3) is 22.1 Å². The van der Waals surface area contributed by atoms with Crippen molar-refractivity contribution in [3.8, 4) is 35.2 Å². The van der Waals surface area contributed by atoms with Gasteiger partial charge in [-0.15, -0.1) is 0 Å². The van der Waals surface area contributed by atoms with E-state index in [-0.39, 0.29) is 158 Å². The number of amides is 2. The second-order valence-electron chi connectivity index (χ2n) is 19.4. The number of aromatic amines is 1. The molecule has 2 amide bonds. The summed E-state index contributed by atoms with van der Waals surface area (Å²) in [5.41, 5.74) is 0.779. The maximum Gasteiger partial charge on any atom is 1.00 e. The summed E-state index contributed by atoms with van der Waals surface area (Å²) in [6.45, 7) is 13.4. The average Bonchev–Trinajstić information content (AvgIpc) is 4.44. The van der Waals surface area contributed by atoms with Gasteiger partial charge in [-0.3, -0.25) is 4.79 Å². The molecule has 21 nitrogen and oxygen atoms in total. The molecule has 2 aliphatic heterocycles. The standard InChI is InChI=1S/C30H31N5O5S.C24H27N5O3.CH2O3.2K.H/c1-30(2,3)40-29(36)34-17-16-22(20-34)33-27-26-19-23(11-10-18-39-24-12-6-4-7-13-24)35(28(26)32-21-31-27)41(37,38)25-14-8-5-9-15-25;1-24(2,3)32-23(30)29-12-11-18(15-29)28-22-20-14-17(27-21(20)25-16-26-22)8-7-13-31-19-9-5-4-6-10-19;2-1-4-3;;;/h4-9,12-15,19,21-22H,16-18,20H2,1-3H3,(H,31,32,33);4-6,9-10,14,16,18H,11-13,15H2,1-3H3,(H2,25,26,27,28);1,3H;;;/q;;;2*+1;-1/p-1. The third-order valence-electron chi connectivity index (χ3n) is 11.2. The summed E-state index contributed by atoms with van der Waals surface area (Å²) in [6.07, 6.45) is 3.67. The Hall–Kier alpha value is -5.59. The molecule has 7 aromatic rings. The first-order valence-electron chi connectivity index (χ1n) is 24.5. The maximum absolute atomic E-state index is 13.8. The Labute approximate surface area is 545 Å². The summed E-state index contributed by atoms with van der Waals surface area (Å²) in [7, 11) is -4.04. The summed E-state index contributed by atoms with van der Waals surface area (Å²) in [5, 5.41) is 16.6. The SMILES string of the molecule is CC(C)(C)OC(=O)N1CCC(Nc2ncnc3[nH]c(C#CCOc4ccccc4)cc23)C1.CC(C)(C)OC(=O)N1CCC(Nc2ncnc3c2cc(C#CCOc2ccccc2)n3S(=O)(=O)c2ccccc2)C1.O=CO[O-].[H-].[K+].[K+]. The van der Waals surface area contributed by atoms with Crippen LogP contribution in [-0.4, -0.2) is 128 Å². The third kappa shape index (κ3) is 19.0. The number of hydrogen-bond acceptors (Lipinski definition) is 17. The van der Waals surface area contributed by atoms with Gasteiger partial charge in [-0.2, -0.15) is 0 Å². The van der Waals surface area contributed by atoms with Gasteiger partial charge < -0.3 is 55.9 Å². The molecule has 0 radical (unpaired) electrons. The Kier molecular flexibility index (Phi) is 24.6. The molecule has 24 heteroatoms. The van der Waals surface area contributed by atoms with Crippen LogP contribution in [0.15, 0.2) is 121 Å². The normalized spacial score (nSPS) is 14.6. The van der Waals surface area contributed by atoms with Crippen molar-refractivity contribution < 1.29 is 156 Å². The van der Waals surface area contributed by atoms with Gasteiger partial charge in [0.15, 0.2) is 5.65 Å². The molecule has 3 aromatic carbocycles. The Morgan fingerprint density at radius 3 is 1.67 bits per heavy atom. The molecule has 0 saturated carbocycles. The van der Waals surface area contributed by atoms with Gasteiger partial charge >= 0.3 is 115 Å². The zero-order valence-corrected chi connectivity index (χ0v) is 52.5. The van der Waals surface area contributed by atoms with E-state index in [1.165, 1.54) is 24.8 Å². The fraction of sp³-hybridized carbons (Fsp3) is 0.327. The Morgan fingerprint density at radius 1 is 0.709 bits per heavy atom. The number of para-hydroxylation sites is 2. The predicted molar refractivity (Wildman–Crippen MR) is 286 cm³/mol. The van der Waals surface area contributed by atoms with Gasteiger partial charge in [-0.05, 0) is 115 Å². The number of likely N-dealkylation sites (tertiary alicyclic amines) is 2. The Balaban J connectivity index is 0.000000319. The quantitative estimate of drug-likeness (QED) is 0.0534. The van der Waals surface area contributed by atoms with Gasteiger partial charge in [-0.25, -0.2) is 41.9 Å². The van der Waals surface area contributed by atoms with E-state index in [2.05, 4.69) is 64.1 Å². The Morgan fingerprint density at radius 2 is 1.18 bits per heavy atom. The number of nitrogens with one attached hydrogen (secondary N) is 3. The van der Waals surface area contributed by atoms with Crippen LogP contribution in [0.5, 0.6) is 11.5 Å². The monoisotopic (exact) mass is 1150 g/mol. The zero-order valence-electron chi connectivity index (χ0n) is 46.4. The first-order chi connectivity index (χ1) is 36.9. The topological polar surface area (TPSA) is 257 Å². The van der Waals surface area contributed by atoms with Gasteiger partial charge in [0, 0.05) is 38.3 Å². The molecule has 2 unspecified atom stereocenters. The van der Waals surface area contributed by atoms with Crippen LogP contribution in [0, 0.1) is 23.7 Å². The number of aromatic nitrogens is 6. The molecule has 2 aliphatic rings. The number of fused-ring (bicyclic) bond motifs is 2. The second kappa shape index (κ2) is 30.3. The minimum absolute atomic E-state index is 0. The van der Waals surface area contributed by atoms with E-state index in [0.29, 0.717) is 61.8 Å². The minimum atomic E-state index is -4.04. The molecule has 0 aliphatic carbocycles. The molecule has 9 rings (SSSR count). The average molecular weight is 1150 g/mol. The number of carbonyl (C=O) groups excluding carboxylic acids is 3. The molecule has 404 valence electrons. The number of carbonyl (C=O) groups is 3. The number of ether oxygens (including phenoxy) is 4.